The number of nitrogens with one attached hydrogen (secondary N) is 2. The second-order valence-corrected chi connectivity index (χ2v) is 7.12. The van der Waals surface area contributed by atoms with Crippen molar-refractivity contribution in [2.75, 3.05) is 6.54 Å². The van der Waals surface area contributed by atoms with Crippen LogP contribution in [-0.4, -0.2) is 27.9 Å². The zero-order valence-electron chi connectivity index (χ0n) is 16.2. The predicted molar refractivity (Wildman–Crippen MR) is 105 cm³/mol. The number of benzene rings is 1. The molecule has 0 bridgehead atoms. The van der Waals surface area contributed by atoms with Crippen LogP contribution < -0.4 is 10.6 Å². The number of aryl methyl sites for hydroxylation is 1. The molecule has 0 fully saturated rings. The SMILES string of the molecule is CCCCNC(=O)c1nc(C(=O)NCc2cccc(C)c2)n2c1CCCC2. The number of aromatic nitrogens is 2. The van der Waals surface area contributed by atoms with Gasteiger partial charge in [-0.3, -0.25) is 9.59 Å². The van der Waals surface area contributed by atoms with Crippen LogP contribution in [-0.2, 0) is 19.5 Å². The van der Waals surface area contributed by atoms with Gasteiger partial charge in [-0.05, 0) is 38.2 Å². The van der Waals surface area contributed by atoms with E-state index >= 15 is 0 Å². The topological polar surface area (TPSA) is 76.0 Å². The van der Waals surface area contributed by atoms with Gasteiger partial charge in [-0.15, -0.1) is 0 Å². The second kappa shape index (κ2) is 8.84. The highest BCUT2D eigenvalue weighted by Crippen LogP contribution is 2.21. The van der Waals surface area contributed by atoms with Crippen molar-refractivity contribution in [2.24, 2.45) is 0 Å². The van der Waals surface area contributed by atoms with Crippen LogP contribution in [0.5, 0.6) is 0 Å². The number of unbranched alkanes of at least 4 members (excludes halogenated alkanes) is 1. The number of carbonyl (C=O) groups is 2. The average Bonchev–Trinajstić information content (AvgIpc) is 3.06. The minimum absolute atomic E-state index is 0.174. The Morgan fingerprint density at radius 1 is 1.19 bits per heavy atom. The number of amides is 2. The smallest absolute Gasteiger partial charge is 0.287 e. The molecule has 2 amide bonds. The van der Waals surface area contributed by atoms with E-state index in [0.29, 0.717) is 24.6 Å². The monoisotopic (exact) mass is 368 g/mol. The van der Waals surface area contributed by atoms with E-state index in [2.05, 4.69) is 22.5 Å². The molecule has 2 N–H and O–H groups in total. The van der Waals surface area contributed by atoms with Gasteiger partial charge in [-0.1, -0.05) is 43.2 Å². The molecule has 0 saturated heterocycles. The Hall–Kier alpha value is -2.63. The van der Waals surface area contributed by atoms with E-state index in [1.54, 1.807) is 0 Å². The first-order valence-electron chi connectivity index (χ1n) is 9.81. The van der Waals surface area contributed by atoms with Crippen molar-refractivity contribution in [1.82, 2.24) is 20.2 Å². The third kappa shape index (κ3) is 4.56. The molecule has 1 aliphatic rings. The number of imidazole rings is 1. The Morgan fingerprint density at radius 2 is 2.04 bits per heavy atom. The maximum atomic E-state index is 12.7. The molecule has 1 aromatic carbocycles. The van der Waals surface area contributed by atoms with Gasteiger partial charge >= 0.3 is 0 Å². The van der Waals surface area contributed by atoms with Crippen LogP contribution in [0.4, 0.5) is 0 Å². The summed E-state index contributed by atoms with van der Waals surface area (Å²) in [5.41, 5.74) is 3.50. The van der Waals surface area contributed by atoms with E-state index in [4.69, 9.17) is 0 Å². The van der Waals surface area contributed by atoms with Crippen molar-refractivity contribution in [3.8, 4) is 0 Å². The molecule has 0 spiro atoms. The van der Waals surface area contributed by atoms with Crippen LogP contribution in [0.1, 0.15) is 70.5 Å². The molecule has 0 radical (unpaired) electrons. The summed E-state index contributed by atoms with van der Waals surface area (Å²) in [7, 11) is 0. The first kappa shape index (κ1) is 19.1. The molecule has 6 nitrogen and oxygen atoms in total. The molecular formula is C21H28N4O2. The number of nitrogens with zero attached hydrogens (tertiary/aromatic N) is 2. The predicted octanol–water partition coefficient (Wildman–Crippen LogP) is 2.99. The minimum atomic E-state index is -0.229. The third-order valence-corrected chi connectivity index (χ3v) is 4.89. The maximum Gasteiger partial charge on any atom is 0.287 e. The largest absolute Gasteiger partial charge is 0.351 e. The Kier molecular flexibility index (Phi) is 6.27. The first-order chi connectivity index (χ1) is 13.1. The average molecular weight is 368 g/mol. The summed E-state index contributed by atoms with van der Waals surface area (Å²) in [5.74, 6) is -0.0582. The minimum Gasteiger partial charge on any atom is -0.351 e. The van der Waals surface area contributed by atoms with Gasteiger partial charge in [-0.2, -0.15) is 0 Å². The fraction of sp³-hybridized carbons (Fsp3) is 0.476. The molecule has 0 saturated carbocycles. The fourth-order valence-electron chi connectivity index (χ4n) is 3.44. The number of carbonyl (C=O) groups excluding carboxylic acids is 2. The van der Waals surface area contributed by atoms with E-state index in [9.17, 15) is 9.59 Å². The van der Waals surface area contributed by atoms with Crippen molar-refractivity contribution in [3.63, 3.8) is 0 Å². The summed E-state index contributed by atoms with van der Waals surface area (Å²) in [6.07, 6.45) is 4.76. The maximum absolute atomic E-state index is 12.7. The van der Waals surface area contributed by atoms with Crippen molar-refractivity contribution >= 4 is 11.8 Å². The lowest BCUT2D eigenvalue weighted by Gasteiger charge is -2.17. The third-order valence-electron chi connectivity index (χ3n) is 4.89. The van der Waals surface area contributed by atoms with E-state index in [1.165, 1.54) is 0 Å². The zero-order valence-corrected chi connectivity index (χ0v) is 16.2. The summed E-state index contributed by atoms with van der Waals surface area (Å²) < 4.78 is 1.92. The summed E-state index contributed by atoms with van der Waals surface area (Å²) in [6.45, 7) is 5.93. The van der Waals surface area contributed by atoms with Gasteiger partial charge in [0, 0.05) is 19.6 Å². The van der Waals surface area contributed by atoms with Gasteiger partial charge in [0.15, 0.2) is 5.82 Å². The molecule has 144 valence electrons. The number of fused-ring (bicyclic) bond motifs is 1. The number of hydrogen-bond acceptors (Lipinski definition) is 3. The standard InChI is InChI=1S/C21H28N4O2/c1-3-4-11-22-20(26)18-17-10-5-6-12-25(17)19(24-18)21(27)23-14-16-9-7-8-15(2)13-16/h7-9,13H,3-6,10-12,14H2,1-2H3,(H,22,26)(H,23,27). The van der Waals surface area contributed by atoms with Crippen LogP contribution in [0.25, 0.3) is 0 Å². The second-order valence-electron chi connectivity index (χ2n) is 7.12. The molecule has 0 aliphatic carbocycles. The number of hydrogen-bond donors (Lipinski definition) is 2. The highest BCUT2D eigenvalue weighted by atomic mass is 16.2. The summed E-state index contributed by atoms with van der Waals surface area (Å²) in [5, 5.41) is 5.86. The lowest BCUT2D eigenvalue weighted by molar-refractivity contribution is 0.0935. The van der Waals surface area contributed by atoms with Crippen molar-refractivity contribution in [2.45, 2.75) is 59.0 Å². The zero-order chi connectivity index (χ0) is 19.2. The van der Waals surface area contributed by atoms with Crippen LogP contribution in [0, 0.1) is 6.92 Å². The highest BCUT2D eigenvalue weighted by Gasteiger charge is 2.27. The Labute approximate surface area is 160 Å². The quantitative estimate of drug-likeness (QED) is 0.738. The molecule has 1 aliphatic heterocycles. The van der Waals surface area contributed by atoms with E-state index in [0.717, 1.165) is 55.5 Å². The van der Waals surface area contributed by atoms with Gasteiger partial charge in [0.05, 0.1) is 5.69 Å². The first-order valence-corrected chi connectivity index (χ1v) is 9.81. The molecule has 0 atom stereocenters. The Balaban J connectivity index is 1.76. The lowest BCUT2D eigenvalue weighted by Crippen LogP contribution is -2.27. The van der Waals surface area contributed by atoms with Crippen LogP contribution in [0.15, 0.2) is 24.3 Å². The number of rotatable bonds is 7. The van der Waals surface area contributed by atoms with Crippen LogP contribution in [0.3, 0.4) is 0 Å². The van der Waals surface area contributed by atoms with Crippen LogP contribution >= 0.6 is 0 Å². The van der Waals surface area contributed by atoms with Gasteiger partial charge in [0.25, 0.3) is 11.8 Å². The summed E-state index contributed by atoms with van der Waals surface area (Å²) in [4.78, 5) is 29.7. The van der Waals surface area contributed by atoms with Gasteiger partial charge < -0.3 is 15.2 Å². The van der Waals surface area contributed by atoms with E-state index in [1.807, 2.05) is 35.8 Å². The normalized spacial score (nSPS) is 13.1. The molecule has 2 aromatic rings. The molecule has 3 rings (SSSR count). The van der Waals surface area contributed by atoms with Gasteiger partial charge in [-0.25, -0.2) is 4.98 Å². The Bertz CT molecular complexity index is 826. The lowest BCUT2D eigenvalue weighted by atomic mass is 10.1. The highest BCUT2D eigenvalue weighted by molar-refractivity contribution is 5.97. The molecular weight excluding hydrogens is 340 g/mol. The van der Waals surface area contributed by atoms with Crippen molar-refractivity contribution < 1.29 is 9.59 Å². The van der Waals surface area contributed by atoms with Crippen molar-refractivity contribution in [3.05, 3.63) is 52.6 Å². The van der Waals surface area contributed by atoms with Gasteiger partial charge in [0.1, 0.15) is 5.69 Å². The van der Waals surface area contributed by atoms with Crippen molar-refractivity contribution in [1.29, 1.82) is 0 Å². The molecule has 1 aromatic heterocycles. The van der Waals surface area contributed by atoms with E-state index < -0.39 is 0 Å². The molecule has 6 heteroatoms. The molecule has 2 heterocycles. The Morgan fingerprint density at radius 3 is 2.81 bits per heavy atom. The fourth-order valence-corrected chi connectivity index (χ4v) is 3.44. The van der Waals surface area contributed by atoms with Crippen LogP contribution in [0.2, 0.25) is 0 Å². The summed E-state index contributed by atoms with van der Waals surface area (Å²) in [6, 6.07) is 8.04. The molecule has 0 unspecified atom stereocenters. The summed E-state index contributed by atoms with van der Waals surface area (Å²) >= 11 is 0. The van der Waals surface area contributed by atoms with E-state index in [-0.39, 0.29) is 11.8 Å². The molecule has 27 heavy (non-hydrogen) atoms. The van der Waals surface area contributed by atoms with Gasteiger partial charge in [0.2, 0.25) is 0 Å².